The highest BCUT2D eigenvalue weighted by atomic mass is 16.5. The lowest BCUT2D eigenvalue weighted by Gasteiger charge is -2.13. The molecule has 0 aliphatic heterocycles. The van der Waals surface area contributed by atoms with Gasteiger partial charge in [0, 0.05) is 5.56 Å². The fraction of sp³-hybridized carbons (Fsp3) is 0.462. The van der Waals surface area contributed by atoms with Gasteiger partial charge in [-0.25, -0.2) is 0 Å². The summed E-state index contributed by atoms with van der Waals surface area (Å²) in [4.78, 5) is 11.4. The zero-order valence-corrected chi connectivity index (χ0v) is 10.4. The number of aryl methyl sites for hydroxylation is 2. The van der Waals surface area contributed by atoms with E-state index in [4.69, 9.17) is 9.84 Å². The lowest BCUT2D eigenvalue weighted by molar-refractivity contribution is 0.0535. The van der Waals surface area contributed by atoms with Gasteiger partial charge in [0.05, 0.1) is 6.61 Å². The summed E-state index contributed by atoms with van der Waals surface area (Å²) < 4.78 is 5.33. The molecule has 0 saturated heterocycles. The van der Waals surface area contributed by atoms with E-state index in [0.717, 1.165) is 11.1 Å². The summed E-state index contributed by atoms with van der Waals surface area (Å²) in [6, 6.07) is 3.52. The van der Waals surface area contributed by atoms with E-state index in [2.05, 4.69) is 0 Å². The molecule has 4 nitrogen and oxygen atoms in total. The van der Waals surface area contributed by atoms with Gasteiger partial charge in [-0.05, 0) is 44.0 Å². The summed E-state index contributed by atoms with van der Waals surface area (Å²) in [6.45, 7) is 4.93. The first kappa shape index (κ1) is 13.7. The molecule has 0 bridgehead atoms. The monoisotopic (exact) mass is 238 g/mol. The molecule has 1 aromatic carbocycles. The predicted molar refractivity (Wildman–Crippen MR) is 64.5 cm³/mol. The maximum Gasteiger partial charge on any atom is 0.160 e. The van der Waals surface area contributed by atoms with Crippen molar-refractivity contribution in [3.8, 4) is 5.75 Å². The van der Waals surface area contributed by atoms with Crippen LogP contribution in [0, 0.1) is 13.8 Å². The largest absolute Gasteiger partial charge is 0.491 e. The van der Waals surface area contributed by atoms with Gasteiger partial charge in [0.1, 0.15) is 18.5 Å². The van der Waals surface area contributed by atoms with Crippen molar-refractivity contribution >= 4 is 5.78 Å². The molecule has 1 unspecified atom stereocenters. The third-order valence-electron chi connectivity index (χ3n) is 2.51. The Morgan fingerprint density at radius 1 is 1.35 bits per heavy atom. The van der Waals surface area contributed by atoms with Crippen LogP contribution in [-0.2, 0) is 0 Å². The molecule has 17 heavy (non-hydrogen) atoms. The van der Waals surface area contributed by atoms with Gasteiger partial charge in [0.2, 0.25) is 0 Å². The quantitative estimate of drug-likeness (QED) is 0.757. The van der Waals surface area contributed by atoms with E-state index in [1.54, 1.807) is 12.1 Å². The van der Waals surface area contributed by atoms with E-state index in [1.165, 1.54) is 6.92 Å². The molecule has 0 aromatic heterocycles. The Labute approximate surface area is 101 Å². The molecule has 1 aromatic rings. The Morgan fingerprint density at radius 3 is 2.29 bits per heavy atom. The first-order chi connectivity index (χ1) is 7.95. The van der Waals surface area contributed by atoms with Crippen LogP contribution in [0.25, 0.3) is 0 Å². The number of Topliss-reactive ketones (excluding diaryl/α,β-unsaturated/α-hetero) is 1. The molecule has 0 aliphatic rings. The predicted octanol–water partition coefficient (Wildman–Crippen LogP) is 1.24. The number of rotatable bonds is 5. The third kappa shape index (κ3) is 3.54. The average Bonchev–Trinajstić information content (AvgIpc) is 2.24. The summed E-state index contributed by atoms with van der Waals surface area (Å²) in [7, 11) is 0. The van der Waals surface area contributed by atoms with Crippen LogP contribution < -0.4 is 4.74 Å². The van der Waals surface area contributed by atoms with Crippen molar-refractivity contribution in [2.75, 3.05) is 13.2 Å². The SMILES string of the molecule is CC(=O)c1c(C)cc(OCC(O)CO)cc1C. The number of aliphatic hydroxyl groups excluding tert-OH is 2. The first-order valence-corrected chi connectivity index (χ1v) is 5.49. The van der Waals surface area contributed by atoms with Crippen molar-refractivity contribution < 1.29 is 19.7 Å². The van der Waals surface area contributed by atoms with E-state index in [0.29, 0.717) is 11.3 Å². The molecule has 0 radical (unpaired) electrons. The fourth-order valence-electron chi connectivity index (χ4n) is 1.81. The summed E-state index contributed by atoms with van der Waals surface area (Å²) in [5, 5.41) is 17.8. The summed E-state index contributed by atoms with van der Waals surface area (Å²) >= 11 is 0. The minimum atomic E-state index is -0.886. The van der Waals surface area contributed by atoms with E-state index in [1.807, 2.05) is 13.8 Å². The van der Waals surface area contributed by atoms with Crippen molar-refractivity contribution in [3.63, 3.8) is 0 Å². The number of ketones is 1. The third-order valence-corrected chi connectivity index (χ3v) is 2.51. The Balaban J connectivity index is 2.87. The van der Waals surface area contributed by atoms with Crippen molar-refractivity contribution in [1.29, 1.82) is 0 Å². The molecule has 1 atom stereocenters. The highest BCUT2D eigenvalue weighted by molar-refractivity contribution is 5.97. The second kappa shape index (κ2) is 5.80. The van der Waals surface area contributed by atoms with Crippen LogP contribution in [0.4, 0.5) is 0 Å². The molecular formula is C13H18O4. The van der Waals surface area contributed by atoms with Crippen molar-refractivity contribution in [1.82, 2.24) is 0 Å². The molecule has 94 valence electrons. The highest BCUT2D eigenvalue weighted by Crippen LogP contribution is 2.22. The molecule has 1 rings (SSSR count). The van der Waals surface area contributed by atoms with E-state index >= 15 is 0 Å². The second-order valence-corrected chi connectivity index (χ2v) is 4.14. The van der Waals surface area contributed by atoms with Crippen LogP contribution in [0.1, 0.15) is 28.4 Å². The molecule has 0 heterocycles. The van der Waals surface area contributed by atoms with Gasteiger partial charge in [-0.15, -0.1) is 0 Å². The van der Waals surface area contributed by atoms with Gasteiger partial charge in [0.25, 0.3) is 0 Å². The molecule has 0 aliphatic carbocycles. The minimum Gasteiger partial charge on any atom is -0.491 e. The van der Waals surface area contributed by atoms with Crippen LogP contribution in [0.2, 0.25) is 0 Å². The van der Waals surface area contributed by atoms with Crippen LogP contribution in [0.15, 0.2) is 12.1 Å². The number of aliphatic hydroxyl groups is 2. The van der Waals surface area contributed by atoms with Crippen LogP contribution in [0.5, 0.6) is 5.75 Å². The normalized spacial score (nSPS) is 12.3. The van der Waals surface area contributed by atoms with Crippen molar-refractivity contribution in [2.45, 2.75) is 26.9 Å². The van der Waals surface area contributed by atoms with E-state index in [9.17, 15) is 9.90 Å². The second-order valence-electron chi connectivity index (χ2n) is 4.14. The Hall–Kier alpha value is -1.39. The van der Waals surface area contributed by atoms with Crippen molar-refractivity contribution in [3.05, 3.63) is 28.8 Å². The maximum atomic E-state index is 11.4. The molecule has 2 N–H and O–H groups in total. The molecule has 0 amide bonds. The van der Waals surface area contributed by atoms with Gasteiger partial charge >= 0.3 is 0 Å². The Kier molecular flexibility index (Phi) is 4.66. The topological polar surface area (TPSA) is 66.8 Å². The minimum absolute atomic E-state index is 0.0296. The number of benzene rings is 1. The summed E-state index contributed by atoms with van der Waals surface area (Å²) in [5.74, 6) is 0.624. The molecule has 4 heteroatoms. The first-order valence-electron chi connectivity index (χ1n) is 5.49. The van der Waals surface area contributed by atoms with Gasteiger partial charge in [-0.1, -0.05) is 0 Å². The van der Waals surface area contributed by atoms with Gasteiger partial charge < -0.3 is 14.9 Å². The lowest BCUT2D eigenvalue weighted by Crippen LogP contribution is -2.21. The zero-order valence-electron chi connectivity index (χ0n) is 10.4. The number of carbonyl (C=O) groups excluding carboxylic acids is 1. The average molecular weight is 238 g/mol. The standard InChI is InChI=1S/C13H18O4/c1-8-4-12(17-7-11(16)6-14)5-9(2)13(8)10(3)15/h4-5,11,14,16H,6-7H2,1-3H3. The number of hydrogen-bond donors (Lipinski definition) is 2. The highest BCUT2D eigenvalue weighted by Gasteiger charge is 2.10. The van der Waals surface area contributed by atoms with Gasteiger partial charge in [0.15, 0.2) is 5.78 Å². The Bertz CT molecular complexity index is 389. The molecule has 0 fully saturated rings. The van der Waals surface area contributed by atoms with E-state index in [-0.39, 0.29) is 19.0 Å². The van der Waals surface area contributed by atoms with E-state index < -0.39 is 6.10 Å². The molecule has 0 saturated carbocycles. The smallest absolute Gasteiger partial charge is 0.160 e. The Morgan fingerprint density at radius 2 is 1.88 bits per heavy atom. The van der Waals surface area contributed by atoms with Gasteiger partial charge in [-0.3, -0.25) is 4.79 Å². The molecular weight excluding hydrogens is 220 g/mol. The zero-order chi connectivity index (χ0) is 13.0. The van der Waals surface area contributed by atoms with Crippen LogP contribution in [0.3, 0.4) is 0 Å². The summed E-state index contributed by atoms with van der Waals surface area (Å²) in [5.41, 5.74) is 2.41. The van der Waals surface area contributed by atoms with Crippen molar-refractivity contribution in [2.24, 2.45) is 0 Å². The summed E-state index contributed by atoms with van der Waals surface area (Å²) in [6.07, 6.45) is -0.886. The maximum absolute atomic E-state index is 11.4. The number of hydrogen-bond acceptors (Lipinski definition) is 4. The number of ether oxygens (including phenoxy) is 1. The van der Waals surface area contributed by atoms with Gasteiger partial charge in [-0.2, -0.15) is 0 Å². The molecule has 0 spiro atoms. The lowest BCUT2D eigenvalue weighted by atomic mass is 9.99. The number of carbonyl (C=O) groups is 1. The van der Waals surface area contributed by atoms with Crippen LogP contribution >= 0.6 is 0 Å². The fourth-order valence-corrected chi connectivity index (χ4v) is 1.81. The van der Waals surface area contributed by atoms with Crippen LogP contribution in [-0.4, -0.2) is 35.3 Å².